The predicted octanol–water partition coefficient (Wildman–Crippen LogP) is 3.21. The zero-order valence-corrected chi connectivity index (χ0v) is 17.9. The largest absolute Gasteiger partial charge is 0.334 e. The Morgan fingerprint density at radius 3 is 2.25 bits per heavy atom. The number of hydrogen-bond donors (Lipinski definition) is 0. The maximum atomic E-state index is 13.4. The minimum atomic E-state index is -1.17. The summed E-state index contributed by atoms with van der Waals surface area (Å²) in [5.41, 5.74) is 1.29. The molecule has 28 heavy (non-hydrogen) atoms. The Morgan fingerprint density at radius 1 is 1.00 bits per heavy atom. The number of guanidine groups is 1. The van der Waals surface area contributed by atoms with Crippen LogP contribution < -0.4 is 0 Å². The topological polar surface area (TPSA) is 39.2 Å². The van der Waals surface area contributed by atoms with E-state index in [0.29, 0.717) is 18.0 Å². The molecule has 4 aliphatic rings. The molecule has 0 N–H and O–H groups in total. The molecule has 1 aliphatic carbocycles. The van der Waals surface area contributed by atoms with Gasteiger partial charge in [0.05, 0.1) is 18.0 Å². The summed E-state index contributed by atoms with van der Waals surface area (Å²) in [5, 5.41) is 0. The van der Waals surface area contributed by atoms with Gasteiger partial charge in [-0.3, -0.25) is 14.2 Å². The highest BCUT2D eigenvalue weighted by atomic mass is 32.2. The lowest BCUT2D eigenvalue weighted by Gasteiger charge is -2.48. The Kier molecular flexibility index (Phi) is 4.95. The van der Waals surface area contributed by atoms with Gasteiger partial charge in [0.1, 0.15) is 0 Å². The summed E-state index contributed by atoms with van der Waals surface area (Å²) in [6.07, 6.45) is 6.65. The minimum Gasteiger partial charge on any atom is -0.334 e. The first-order valence-electron chi connectivity index (χ1n) is 11.0. The molecular formula is C22H32N4OS. The number of fused-ring (bicyclic) bond motifs is 2. The molecule has 2 saturated heterocycles. The van der Waals surface area contributed by atoms with Crippen LogP contribution in [0.3, 0.4) is 0 Å². The van der Waals surface area contributed by atoms with Crippen molar-refractivity contribution in [3.8, 4) is 0 Å². The molecule has 5 rings (SSSR count). The molecular weight excluding hydrogens is 368 g/mol. The second-order valence-corrected chi connectivity index (χ2v) is 10.5. The van der Waals surface area contributed by atoms with Crippen LogP contribution >= 0.6 is 0 Å². The van der Waals surface area contributed by atoms with Gasteiger partial charge >= 0.3 is 0 Å². The van der Waals surface area contributed by atoms with Crippen molar-refractivity contribution in [1.82, 2.24) is 14.1 Å². The monoisotopic (exact) mass is 400 g/mol. The number of piperazine rings is 1. The quantitative estimate of drug-likeness (QED) is 0.779. The summed E-state index contributed by atoms with van der Waals surface area (Å²) in [7, 11) is -1.17. The number of benzene rings is 1. The van der Waals surface area contributed by atoms with Crippen molar-refractivity contribution in [3.05, 3.63) is 29.8 Å². The van der Waals surface area contributed by atoms with Gasteiger partial charge in [0, 0.05) is 31.2 Å². The molecule has 0 radical (unpaired) electrons. The van der Waals surface area contributed by atoms with Gasteiger partial charge in [0.15, 0.2) is 11.0 Å². The van der Waals surface area contributed by atoms with Crippen LogP contribution in [0.15, 0.2) is 34.2 Å². The summed E-state index contributed by atoms with van der Waals surface area (Å²) < 4.78 is 15.4. The van der Waals surface area contributed by atoms with E-state index < -0.39 is 11.0 Å². The lowest BCUT2D eigenvalue weighted by molar-refractivity contribution is 0.0467. The van der Waals surface area contributed by atoms with Crippen molar-refractivity contribution < 1.29 is 4.21 Å². The van der Waals surface area contributed by atoms with Gasteiger partial charge in [-0.15, -0.1) is 0 Å². The van der Waals surface area contributed by atoms with Crippen LogP contribution in [0.5, 0.6) is 0 Å². The van der Waals surface area contributed by atoms with Crippen LogP contribution in [-0.4, -0.2) is 68.6 Å². The Bertz CT molecular complexity index is 759. The van der Waals surface area contributed by atoms with Crippen molar-refractivity contribution >= 4 is 16.9 Å². The molecule has 3 unspecified atom stereocenters. The van der Waals surface area contributed by atoms with Crippen molar-refractivity contribution in [2.75, 3.05) is 26.2 Å². The summed E-state index contributed by atoms with van der Waals surface area (Å²) in [5.74, 6) is 1.49. The van der Waals surface area contributed by atoms with Crippen LogP contribution in [0.1, 0.15) is 57.4 Å². The van der Waals surface area contributed by atoms with Crippen LogP contribution in [0.25, 0.3) is 0 Å². The standard InChI is InChI=1S/C22H32N4OS/c1-16(2)17-6-10-21(11-7-17)28(27)25-13-12-23-22(25)26-19-8-9-20(26)15-24(14-19)18-4-3-5-18/h6-7,10-11,16,18-20H,3-5,8-9,12-15H2,1-2H3. The molecule has 0 aromatic heterocycles. The highest BCUT2D eigenvalue weighted by Crippen LogP contribution is 2.36. The highest BCUT2D eigenvalue weighted by Gasteiger charge is 2.46. The van der Waals surface area contributed by atoms with Crippen molar-refractivity contribution in [1.29, 1.82) is 0 Å². The summed E-state index contributed by atoms with van der Waals surface area (Å²) in [6.45, 7) is 8.21. The van der Waals surface area contributed by atoms with E-state index in [1.165, 1.54) is 37.7 Å². The molecule has 6 heteroatoms. The second-order valence-electron chi connectivity index (χ2n) is 9.09. The Balaban J connectivity index is 1.32. The molecule has 3 atom stereocenters. The number of likely N-dealkylation sites (tertiary alicyclic amines) is 1. The molecule has 1 aromatic carbocycles. The first-order chi connectivity index (χ1) is 13.6. The van der Waals surface area contributed by atoms with E-state index in [1.54, 1.807) is 0 Å². The van der Waals surface area contributed by atoms with Gasteiger partial charge in [-0.1, -0.05) is 32.4 Å². The minimum absolute atomic E-state index is 0.494. The summed E-state index contributed by atoms with van der Waals surface area (Å²) >= 11 is 0. The first kappa shape index (κ1) is 18.6. The fraction of sp³-hybridized carbons (Fsp3) is 0.682. The molecule has 3 heterocycles. The van der Waals surface area contributed by atoms with Crippen LogP contribution in [0, 0.1) is 0 Å². The van der Waals surface area contributed by atoms with E-state index in [2.05, 4.69) is 40.1 Å². The second kappa shape index (κ2) is 7.45. The van der Waals surface area contributed by atoms with Gasteiger partial charge in [0.2, 0.25) is 5.96 Å². The van der Waals surface area contributed by atoms with E-state index >= 15 is 0 Å². The predicted molar refractivity (Wildman–Crippen MR) is 114 cm³/mol. The van der Waals surface area contributed by atoms with E-state index in [1.807, 2.05) is 12.1 Å². The Hall–Kier alpha value is -1.40. The molecule has 5 nitrogen and oxygen atoms in total. The molecule has 3 fully saturated rings. The Morgan fingerprint density at radius 2 is 1.68 bits per heavy atom. The van der Waals surface area contributed by atoms with Crippen molar-refractivity contribution in [2.45, 2.75) is 74.9 Å². The third-order valence-corrected chi connectivity index (χ3v) is 8.48. The third kappa shape index (κ3) is 3.18. The van der Waals surface area contributed by atoms with Gasteiger partial charge in [-0.25, -0.2) is 4.21 Å². The van der Waals surface area contributed by atoms with E-state index in [9.17, 15) is 4.21 Å². The number of rotatable bonds is 4. The maximum Gasteiger partial charge on any atom is 0.209 e. The van der Waals surface area contributed by atoms with Crippen molar-refractivity contribution in [3.63, 3.8) is 0 Å². The van der Waals surface area contributed by atoms with Crippen LogP contribution in [-0.2, 0) is 11.0 Å². The molecule has 0 spiro atoms. The highest BCUT2D eigenvalue weighted by molar-refractivity contribution is 7.83. The lowest BCUT2D eigenvalue weighted by Crippen LogP contribution is -2.61. The molecule has 2 bridgehead atoms. The van der Waals surface area contributed by atoms with Gasteiger partial charge in [0.25, 0.3) is 0 Å². The average Bonchev–Trinajstić information content (AvgIpc) is 3.22. The smallest absolute Gasteiger partial charge is 0.209 e. The summed E-state index contributed by atoms with van der Waals surface area (Å²) in [4.78, 5) is 11.0. The number of hydrogen-bond acceptors (Lipinski definition) is 4. The van der Waals surface area contributed by atoms with Gasteiger partial charge in [-0.2, -0.15) is 0 Å². The molecule has 0 amide bonds. The molecule has 1 saturated carbocycles. The number of aliphatic imine (C=N–C) groups is 1. The average molecular weight is 401 g/mol. The Labute approximate surface area is 171 Å². The normalized spacial score (nSPS) is 29.3. The van der Waals surface area contributed by atoms with Crippen molar-refractivity contribution in [2.24, 2.45) is 4.99 Å². The maximum absolute atomic E-state index is 13.4. The SMILES string of the molecule is CC(C)c1ccc(S(=O)N2CCN=C2N2C3CCC2CN(C2CCC2)C3)cc1. The van der Waals surface area contributed by atoms with E-state index in [4.69, 9.17) is 4.99 Å². The van der Waals surface area contributed by atoms with Gasteiger partial charge < -0.3 is 4.90 Å². The van der Waals surface area contributed by atoms with E-state index in [-0.39, 0.29) is 0 Å². The van der Waals surface area contributed by atoms with Crippen LogP contribution in [0.2, 0.25) is 0 Å². The van der Waals surface area contributed by atoms with Gasteiger partial charge in [-0.05, 0) is 49.3 Å². The summed E-state index contributed by atoms with van der Waals surface area (Å²) in [6, 6.07) is 10.2. The molecule has 3 aliphatic heterocycles. The molecule has 1 aromatic rings. The fourth-order valence-corrected chi connectivity index (χ4v) is 6.37. The third-order valence-electron chi connectivity index (χ3n) is 7.06. The first-order valence-corrected chi connectivity index (χ1v) is 12.1. The lowest BCUT2D eigenvalue weighted by atomic mass is 9.90. The zero-order chi connectivity index (χ0) is 19.3. The zero-order valence-electron chi connectivity index (χ0n) is 17.1. The van der Waals surface area contributed by atoms with Crippen LogP contribution in [0.4, 0.5) is 0 Å². The fourth-order valence-electron chi connectivity index (χ4n) is 5.20. The molecule has 152 valence electrons. The number of nitrogens with zero attached hydrogens (tertiary/aromatic N) is 4. The van der Waals surface area contributed by atoms with E-state index in [0.717, 1.165) is 43.1 Å².